The van der Waals surface area contributed by atoms with Gasteiger partial charge in [0.25, 0.3) is 0 Å². The number of alkyl halides is 3. The van der Waals surface area contributed by atoms with Gasteiger partial charge in [0.2, 0.25) is 5.91 Å². The lowest BCUT2D eigenvalue weighted by atomic mass is 9.92. The largest absolute Gasteiger partial charge is 0.401 e. The summed E-state index contributed by atoms with van der Waals surface area (Å²) in [4.78, 5) is 12.4. The van der Waals surface area contributed by atoms with Crippen molar-refractivity contribution >= 4 is 5.91 Å². The molecular weight excluding hydrogens is 235 g/mol. The summed E-state index contributed by atoms with van der Waals surface area (Å²) >= 11 is 0. The molecule has 0 heterocycles. The minimum Gasteiger partial charge on any atom is -0.368 e. The third-order valence-electron chi connectivity index (χ3n) is 2.98. The van der Waals surface area contributed by atoms with E-state index in [0.29, 0.717) is 0 Å². The van der Waals surface area contributed by atoms with Crippen molar-refractivity contribution in [1.29, 1.82) is 0 Å². The summed E-state index contributed by atoms with van der Waals surface area (Å²) in [6.07, 6.45) is -4.03. The molecule has 0 radical (unpaired) electrons. The number of hydrogen-bond acceptors (Lipinski definition) is 3. The topological polar surface area (TPSA) is 58.4 Å². The summed E-state index contributed by atoms with van der Waals surface area (Å²) in [5.74, 6) is -0.577. The molecule has 0 saturated carbocycles. The number of nitrogens with zero attached hydrogens (tertiary/aromatic N) is 1. The van der Waals surface area contributed by atoms with Gasteiger partial charge in [-0.3, -0.25) is 9.69 Å². The van der Waals surface area contributed by atoms with E-state index in [9.17, 15) is 18.0 Å². The van der Waals surface area contributed by atoms with Gasteiger partial charge in [-0.15, -0.1) is 0 Å². The summed E-state index contributed by atoms with van der Waals surface area (Å²) < 4.78 is 36.6. The zero-order chi connectivity index (χ0) is 13.9. The van der Waals surface area contributed by atoms with Crippen molar-refractivity contribution < 1.29 is 18.0 Å². The monoisotopic (exact) mass is 255 g/mol. The van der Waals surface area contributed by atoms with Crippen LogP contribution < -0.4 is 11.1 Å². The first-order valence-corrected chi connectivity index (χ1v) is 5.27. The van der Waals surface area contributed by atoms with Crippen LogP contribution in [0.25, 0.3) is 0 Å². The first-order valence-electron chi connectivity index (χ1n) is 5.27. The number of carbonyl (C=O) groups excluding carboxylic acids is 1. The fourth-order valence-corrected chi connectivity index (χ4v) is 1.51. The van der Waals surface area contributed by atoms with Crippen LogP contribution in [0.4, 0.5) is 13.2 Å². The second-order valence-corrected chi connectivity index (χ2v) is 4.53. The van der Waals surface area contributed by atoms with Crippen molar-refractivity contribution in [3.63, 3.8) is 0 Å². The lowest BCUT2D eigenvalue weighted by Gasteiger charge is -2.33. The number of amides is 1. The highest BCUT2D eigenvalue weighted by atomic mass is 19.4. The van der Waals surface area contributed by atoms with Gasteiger partial charge in [-0.1, -0.05) is 0 Å². The molecule has 0 aliphatic heterocycles. The summed E-state index contributed by atoms with van der Waals surface area (Å²) in [7, 11) is 2.93. The van der Waals surface area contributed by atoms with Crippen molar-refractivity contribution in [2.24, 2.45) is 5.73 Å². The van der Waals surface area contributed by atoms with Gasteiger partial charge >= 0.3 is 6.18 Å². The van der Waals surface area contributed by atoms with Crippen molar-refractivity contribution in [2.75, 3.05) is 20.6 Å². The van der Waals surface area contributed by atoms with Crippen molar-refractivity contribution in [3.8, 4) is 0 Å². The zero-order valence-electron chi connectivity index (χ0n) is 10.6. The normalized spacial score (nSPS) is 17.9. The predicted octanol–water partition coefficient (Wildman–Crippen LogP) is 0.722. The molecule has 0 rings (SSSR count). The van der Waals surface area contributed by atoms with Gasteiger partial charge in [-0.05, 0) is 34.4 Å². The summed E-state index contributed by atoms with van der Waals surface area (Å²) in [5, 5.41) is 2.74. The Bertz CT molecular complexity index is 270. The molecule has 0 fully saturated rings. The molecule has 4 nitrogen and oxygen atoms in total. The van der Waals surface area contributed by atoms with Gasteiger partial charge in [0.05, 0.1) is 12.1 Å². The number of nitrogens with one attached hydrogen (secondary N) is 1. The maximum Gasteiger partial charge on any atom is 0.401 e. The van der Waals surface area contributed by atoms with Gasteiger partial charge in [-0.25, -0.2) is 0 Å². The van der Waals surface area contributed by atoms with Crippen LogP contribution in [0.2, 0.25) is 0 Å². The molecule has 17 heavy (non-hydrogen) atoms. The molecule has 2 unspecified atom stereocenters. The zero-order valence-corrected chi connectivity index (χ0v) is 10.6. The Kier molecular flexibility index (Phi) is 5.41. The quantitative estimate of drug-likeness (QED) is 0.735. The van der Waals surface area contributed by atoms with Crippen LogP contribution in [-0.4, -0.2) is 49.2 Å². The summed E-state index contributed by atoms with van der Waals surface area (Å²) in [6, 6.07) is -0.415. The number of nitrogens with two attached hydrogens (primary N) is 1. The van der Waals surface area contributed by atoms with Crippen molar-refractivity contribution in [1.82, 2.24) is 10.2 Å². The van der Waals surface area contributed by atoms with Crippen molar-refractivity contribution in [2.45, 2.75) is 38.0 Å². The molecular formula is C10H20F3N3O. The third kappa shape index (κ3) is 5.36. The van der Waals surface area contributed by atoms with Gasteiger partial charge in [0.1, 0.15) is 0 Å². The average Bonchev–Trinajstić information content (AvgIpc) is 2.14. The predicted molar refractivity (Wildman–Crippen MR) is 59.4 cm³/mol. The number of primary amides is 1. The Hall–Kier alpha value is -0.820. The smallest absolute Gasteiger partial charge is 0.368 e. The minimum atomic E-state index is -4.24. The first kappa shape index (κ1) is 16.2. The molecule has 0 bridgehead atoms. The van der Waals surface area contributed by atoms with E-state index in [0.717, 1.165) is 4.90 Å². The fourth-order valence-electron chi connectivity index (χ4n) is 1.51. The van der Waals surface area contributed by atoms with E-state index in [-0.39, 0.29) is 6.42 Å². The number of carbonyl (C=O) groups is 1. The number of halogens is 3. The highest BCUT2D eigenvalue weighted by molar-refractivity contribution is 5.84. The highest BCUT2D eigenvalue weighted by Crippen LogP contribution is 2.20. The van der Waals surface area contributed by atoms with Crippen LogP contribution >= 0.6 is 0 Å². The molecule has 3 N–H and O–H groups in total. The molecule has 1 amide bonds. The van der Waals surface area contributed by atoms with Gasteiger partial charge in [0.15, 0.2) is 0 Å². The van der Waals surface area contributed by atoms with E-state index in [2.05, 4.69) is 5.32 Å². The molecule has 0 aromatic heterocycles. The molecule has 2 atom stereocenters. The molecule has 102 valence electrons. The molecule has 0 spiro atoms. The van der Waals surface area contributed by atoms with Crippen LogP contribution in [0.1, 0.15) is 20.3 Å². The lowest BCUT2D eigenvalue weighted by molar-refractivity contribution is -0.147. The Balaban J connectivity index is 4.52. The minimum absolute atomic E-state index is 0.214. The van der Waals surface area contributed by atoms with E-state index in [1.165, 1.54) is 7.05 Å². The maximum atomic E-state index is 12.2. The Labute approximate surface area is 99.3 Å². The van der Waals surface area contributed by atoms with Gasteiger partial charge in [-0.2, -0.15) is 13.2 Å². The van der Waals surface area contributed by atoms with Crippen LogP contribution in [0.3, 0.4) is 0 Å². The van der Waals surface area contributed by atoms with E-state index in [1.807, 2.05) is 0 Å². The van der Waals surface area contributed by atoms with Crippen LogP contribution in [0.5, 0.6) is 0 Å². The van der Waals surface area contributed by atoms with E-state index in [1.54, 1.807) is 20.9 Å². The van der Waals surface area contributed by atoms with Crippen LogP contribution in [0.15, 0.2) is 0 Å². The molecule has 0 aromatic rings. The van der Waals surface area contributed by atoms with E-state index in [4.69, 9.17) is 5.73 Å². The molecule has 0 aliphatic carbocycles. The SMILES string of the molecule is CNC(C)(CC(C)N(C)CC(F)(F)F)C(N)=O. The molecule has 0 aromatic carbocycles. The number of likely N-dealkylation sites (N-methyl/N-ethyl adjacent to an activating group) is 1. The second kappa shape index (κ2) is 5.68. The van der Waals surface area contributed by atoms with Gasteiger partial charge < -0.3 is 11.1 Å². The van der Waals surface area contributed by atoms with Crippen molar-refractivity contribution in [3.05, 3.63) is 0 Å². The summed E-state index contributed by atoms with van der Waals surface area (Å²) in [5.41, 5.74) is 4.21. The first-order chi connectivity index (χ1) is 7.52. The maximum absolute atomic E-state index is 12.2. The average molecular weight is 255 g/mol. The standard InChI is InChI=1S/C10H20F3N3O/c1-7(16(4)6-10(11,12)13)5-9(2,15-3)8(14)17/h7,15H,5-6H2,1-4H3,(H2,14,17). The number of rotatable bonds is 6. The van der Waals surface area contributed by atoms with Crippen LogP contribution in [0, 0.1) is 0 Å². The fraction of sp³-hybridized carbons (Fsp3) is 0.900. The lowest BCUT2D eigenvalue weighted by Crippen LogP contribution is -2.55. The molecule has 0 aliphatic rings. The third-order valence-corrected chi connectivity index (χ3v) is 2.98. The van der Waals surface area contributed by atoms with Gasteiger partial charge in [0, 0.05) is 6.04 Å². The highest BCUT2D eigenvalue weighted by Gasteiger charge is 2.35. The second-order valence-electron chi connectivity index (χ2n) is 4.53. The Morgan fingerprint density at radius 1 is 1.47 bits per heavy atom. The molecule has 0 saturated heterocycles. The van der Waals surface area contributed by atoms with E-state index < -0.39 is 30.2 Å². The molecule has 7 heteroatoms. The number of hydrogen-bond donors (Lipinski definition) is 2. The Morgan fingerprint density at radius 2 is 1.94 bits per heavy atom. The van der Waals surface area contributed by atoms with E-state index >= 15 is 0 Å². The van der Waals surface area contributed by atoms with Crippen LogP contribution in [-0.2, 0) is 4.79 Å². The Morgan fingerprint density at radius 3 is 2.24 bits per heavy atom. The summed E-state index contributed by atoms with van der Waals surface area (Å²) in [6.45, 7) is 2.20.